The van der Waals surface area contributed by atoms with Crippen molar-refractivity contribution in [3.63, 3.8) is 0 Å². The van der Waals surface area contributed by atoms with Crippen LogP contribution >= 0.6 is 8.69 Å². The number of rotatable bonds is 5. The van der Waals surface area contributed by atoms with E-state index < -0.39 is 33.2 Å². The van der Waals surface area contributed by atoms with Crippen molar-refractivity contribution in [1.29, 1.82) is 0 Å². The average Bonchev–Trinajstić information content (AvgIpc) is 2.27. The van der Waals surface area contributed by atoms with Gasteiger partial charge in [0.1, 0.15) is 0 Å². The molecule has 0 saturated carbocycles. The summed E-state index contributed by atoms with van der Waals surface area (Å²) >= 11 is 0. The van der Waals surface area contributed by atoms with E-state index in [0.717, 1.165) is 0 Å². The number of hydrogen-bond donors (Lipinski definition) is 5. The normalized spacial score (nSPS) is 10.2. The molecule has 0 radical (unpaired) electrons. The van der Waals surface area contributed by atoms with Crippen molar-refractivity contribution in [2.24, 2.45) is 5.92 Å². The van der Waals surface area contributed by atoms with Gasteiger partial charge in [-0.1, -0.05) is 0 Å². The third-order valence-electron chi connectivity index (χ3n) is 1.61. The molecular formula is C7H13N6O6P. The Balaban J connectivity index is 0.000000367. The number of aromatic nitrogens is 3. The lowest BCUT2D eigenvalue weighted by atomic mass is 10.2. The molecule has 0 aliphatic rings. The van der Waals surface area contributed by atoms with Crippen LogP contribution < -0.4 is 17.2 Å². The molecule has 8 N–H and O–H groups in total. The molecule has 1 aromatic rings. The van der Waals surface area contributed by atoms with E-state index in [1.54, 1.807) is 0 Å². The van der Waals surface area contributed by atoms with Gasteiger partial charge in [-0.15, -0.1) is 0 Å². The summed E-state index contributed by atoms with van der Waals surface area (Å²) in [7, 11) is -1.56. The predicted octanol–water partition coefficient (Wildman–Crippen LogP) is -1.92. The molecule has 12 nitrogen and oxygen atoms in total. The Hall–Kier alpha value is -2.46. The zero-order valence-electron chi connectivity index (χ0n) is 9.96. The van der Waals surface area contributed by atoms with Gasteiger partial charge in [-0.05, 0) is 0 Å². The lowest BCUT2D eigenvalue weighted by Gasteiger charge is -2.03. The number of nitrogens with zero attached hydrogens (tertiary/aromatic N) is 3. The van der Waals surface area contributed by atoms with E-state index in [2.05, 4.69) is 19.5 Å². The number of carboxylic acids is 2. The second kappa shape index (κ2) is 8.61. The van der Waals surface area contributed by atoms with Crippen LogP contribution in [0.25, 0.3) is 0 Å². The summed E-state index contributed by atoms with van der Waals surface area (Å²) < 4.78 is 13.9. The van der Waals surface area contributed by atoms with Crippen LogP contribution in [0.2, 0.25) is 0 Å². The van der Waals surface area contributed by atoms with Gasteiger partial charge in [-0.2, -0.15) is 15.0 Å². The molecule has 20 heavy (non-hydrogen) atoms. The fraction of sp³-hybridized carbons (Fsp3) is 0.286. The number of carboxylic acid groups (broad SMARTS) is 2. The maximum absolute atomic E-state index is 10.1. The van der Waals surface area contributed by atoms with Crippen LogP contribution in [0.1, 0.15) is 0 Å². The zero-order valence-corrected chi connectivity index (χ0v) is 11.1. The van der Waals surface area contributed by atoms with E-state index in [-0.39, 0.29) is 17.8 Å². The maximum atomic E-state index is 10.1. The maximum Gasteiger partial charge on any atom is 0.320 e. The summed E-state index contributed by atoms with van der Waals surface area (Å²) in [5, 5.41) is 16.4. The van der Waals surface area contributed by atoms with Crippen LogP contribution in [-0.4, -0.2) is 43.7 Å². The molecule has 0 aromatic carbocycles. The first-order valence-corrected chi connectivity index (χ1v) is 5.75. The molecule has 0 fully saturated rings. The first kappa shape index (κ1) is 17.5. The fourth-order valence-corrected chi connectivity index (χ4v) is 1.08. The van der Waals surface area contributed by atoms with Crippen molar-refractivity contribution < 1.29 is 28.9 Å². The summed E-state index contributed by atoms with van der Waals surface area (Å²) in [6.07, 6.45) is 0. The Bertz CT molecular complexity index is 434. The molecule has 0 bridgehead atoms. The van der Waals surface area contributed by atoms with Gasteiger partial charge in [-0.3, -0.25) is 14.2 Å². The summed E-state index contributed by atoms with van der Waals surface area (Å²) in [4.78, 5) is 30.6. The first-order chi connectivity index (χ1) is 9.27. The van der Waals surface area contributed by atoms with Crippen molar-refractivity contribution >= 4 is 38.5 Å². The highest BCUT2D eigenvalue weighted by Gasteiger charge is 2.25. The smallest absolute Gasteiger partial charge is 0.320 e. The Morgan fingerprint density at radius 3 is 1.65 bits per heavy atom. The minimum Gasteiger partial charge on any atom is -0.481 e. The minimum absolute atomic E-state index is 0.0417. The van der Waals surface area contributed by atoms with Gasteiger partial charge in [0.25, 0.3) is 0 Å². The second-order valence-electron chi connectivity index (χ2n) is 3.07. The van der Waals surface area contributed by atoms with Gasteiger partial charge in [-0.25, -0.2) is 0 Å². The largest absolute Gasteiger partial charge is 0.481 e. The molecule has 1 atom stereocenters. The number of anilines is 3. The molecule has 1 unspecified atom stereocenters. The first-order valence-electron chi connectivity index (χ1n) is 4.81. The van der Waals surface area contributed by atoms with E-state index in [1.807, 2.05) is 0 Å². The van der Waals surface area contributed by atoms with Crippen molar-refractivity contribution in [1.82, 2.24) is 15.0 Å². The van der Waals surface area contributed by atoms with Gasteiger partial charge < -0.3 is 31.9 Å². The molecule has 0 aliphatic heterocycles. The highest BCUT2D eigenvalue weighted by atomic mass is 31.1. The average molecular weight is 308 g/mol. The number of nitrogens with two attached hydrogens (primary N) is 3. The van der Waals surface area contributed by atoms with Crippen LogP contribution in [0.4, 0.5) is 17.8 Å². The molecule has 0 saturated heterocycles. The lowest BCUT2D eigenvalue weighted by Crippen LogP contribution is -2.26. The van der Waals surface area contributed by atoms with Gasteiger partial charge >= 0.3 is 11.9 Å². The molecule has 0 amide bonds. The molecular weight excluding hydrogens is 295 g/mol. The van der Waals surface area contributed by atoms with Gasteiger partial charge in [0.05, 0.1) is 6.61 Å². The SMILES string of the molecule is Nc1nc(N)nc(N)n1.O=[PH2]OCC(C(=O)O)C(=O)O. The van der Waals surface area contributed by atoms with Gasteiger partial charge in [0, 0.05) is 0 Å². The Labute approximate surface area is 113 Å². The summed E-state index contributed by atoms with van der Waals surface area (Å²) in [6.45, 7) is -0.552. The van der Waals surface area contributed by atoms with Gasteiger partial charge in [0.15, 0.2) is 14.6 Å². The fourth-order valence-electron chi connectivity index (χ4n) is 0.811. The molecule has 0 spiro atoms. The third kappa shape index (κ3) is 7.08. The Morgan fingerprint density at radius 2 is 1.40 bits per heavy atom. The van der Waals surface area contributed by atoms with Crippen molar-refractivity contribution in [3.8, 4) is 0 Å². The van der Waals surface area contributed by atoms with Crippen LogP contribution in [0.5, 0.6) is 0 Å². The van der Waals surface area contributed by atoms with E-state index in [4.69, 9.17) is 27.4 Å². The zero-order chi connectivity index (χ0) is 15.7. The Kier molecular flexibility index (Phi) is 7.55. The minimum atomic E-state index is -1.63. The molecule has 1 aromatic heterocycles. The number of hydrogen-bond acceptors (Lipinski definition) is 10. The highest BCUT2D eigenvalue weighted by molar-refractivity contribution is 7.17. The quantitative estimate of drug-likeness (QED) is 0.297. The standard InChI is InChI=1S/C4H7O6P.C3H6N6/c5-3(6)2(4(7)8)1-10-11-9;4-1-7-2(5)9-3(6)8-1/h2H,1,11H2,(H,5,6)(H,7,8);(H6,4,5,6,7,8,9). The van der Waals surface area contributed by atoms with E-state index in [1.165, 1.54) is 0 Å². The summed E-state index contributed by atoms with van der Waals surface area (Å²) in [5.41, 5.74) is 15.4. The van der Waals surface area contributed by atoms with E-state index >= 15 is 0 Å². The second-order valence-corrected chi connectivity index (χ2v) is 3.59. The monoisotopic (exact) mass is 308 g/mol. The number of nitrogen functional groups attached to an aromatic ring is 3. The molecule has 13 heteroatoms. The van der Waals surface area contributed by atoms with Crippen LogP contribution in [0, 0.1) is 5.92 Å². The summed E-state index contributed by atoms with van der Waals surface area (Å²) in [5.74, 6) is -4.49. The van der Waals surface area contributed by atoms with Crippen LogP contribution in [-0.2, 0) is 18.7 Å². The predicted molar refractivity (Wildman–Crippen MR) is 68.2 cm³/mol. The lowest BCUT2D eigenvalue weighted by molar-refractivity contribution is -0.155. The van der Waals surface area contributed by atoms with E-state index in [0.29, 0.717) is 0 Å². The van der Waals surface area contributed by atoms with Crippen molar-refractivity contribution in [2.75, 3.05) is 23.8 Å². The molecule has 1 rings (SSSR count). The summed E-state index contributed by atoms with van der Waals surface area (Å²) in [6, 6.07) is 0. The van der Waals surface area contributed by atoms with E-state index in [9.17, 15) is 14.2 Å². The van der Waals surface area contributed by atoms with Crippen molar-refractivity contribution in [3.05, 3.63) is 0 Å². The number of aliphatic carboxylic acids is 2. The third-order valence-corrected chi connectivity index (χ3v) is 1.94. The molecule has 112 valence electrons. The van der Waals surface area contributed by atoms with Crippen LogP contribution in [0.15, 0.2) is 0 Å². The van der Waals surface area contributed by atoms with Crippen molar-refractivity contribution in [2.45, 2.75) is 0 Å². The molecule has 1 heterocycles. The number of carbonyl (C=O) groups is 2. The van der Waals surface area contributed by atoms with Gasteiger partial charge in [0.2, 0.25) is 17.8 Å². The van der Waals surface area contributed by atoms with Crippen LogP contribution in [0.3, 0.4) is 0 Å². The molecule has 0 aliphatic carbocycles. The Morgan fingerprint density at radius 1 is 1.05 bits per heavy atom. The topological polar surface area (TPSA) is 218 Å². The highest BCUT2D eigenvalue weighted by Crippen LogP contribution is 2.03.